The van der Waals surface area contributed by atoms with E-state index in [1.54, 1.807) is 18.3 Å². The van der Waals surface area contributed by atoms with Gasteiger partial charge in [-0.1, -0.05) is 0 Å². The van der Waals surface area contributed by atoms with Crippen LogP contribution in [0, 0.1) is 5.92 Å². The summed E-state index contributed by atoms with van der Waals surface area (Å²) in [5.74, 6) is 1.24. The Kier molecular flexibility index (Phi) is 5.91. The van der Waals surface area contributed by atoms with Crippen molar-refractivity contribution in [3.8, 4) is 5.88 Å². The summed E-state index contributed by atoms with van der Waals surface area (Å²) in [7, 11) is 6.22. The van der Waals surface area contributed by atoms with Gasteiger partial charge in [0, 0.05) is 43.5 Å². The fourth-order valence-corrected chi connectivity index (χ4v) is 3.97. The molecule has 0 aromatic carbocycles. The Labute approximate surface area is 150 Å². The lowest BCUT2D eigenvalue weighted by atomic mass is 9.84. The molecule has 25 heavy (non-hydrogen) atoms. The highest BCUT2D eigenvalue weighted by Crippen LogP contribution is 2.30. The monoisotopic (exact) mass is 346 g/mol. The van der Waals surface area contributed by atoms with Crippen molar-refractivity contribution >= 4 is 5.91 Å². The molecule has 2 aliphatic heterocycles. The van der Waals surface area contributed by atoms with Crippen molar-refractivity contribution in [3.63, 3.8) is 0 Å². The Balaban J connectivity index is 1.61. The molecule has 0 aliphatic carbocycles. The van der Waals surface area contributed by atoms with Crippen LogP contribution in [0.1, 0.15) is 29.6 Å². The third kappa shape index (κ3) is 4.50. The van der Waals surface area contributed by atoms with Gasteiger partial charge in [0.1, 0.15) is 6.61 Å². The topological polar surface area (TPSA) is 48.9 Å². The second-order valence-electron chi connectivity index (χ2n) is 7.52. The molecule has 0 N–H and O–H groups in total. The fourth-order valence-electron chi connectivity index (χ4n) is 3.97. The van der Waals surface area contributed by atoms with Crippen LogP contribution in [-0.4, -0.2) is 85.6 Å². The second-order valence-corrected chi connectivity index (χ2v) is 7.52. The molecule has 6 heteroatoms. The van der Waals surface area contributed by atoms with Gasteiger partial charge < -0.3 is 19.4 Å². The average Bonchev–Trinajstić information content (AvgIpc) is 2.61. The number of fused-ring (bicyclic) bond motifs is 1. The van der Waals surface area contributed by atoms with E-state index in [1.807, 2.05) is 19.0 Å². The number of aromatic nitrogens is 1. The number of nitrogens with zero attached hydrogens (tertiary/aromatic N) is 4. The second kappa shape index (κ2) is 8.15. The molecule has 138 valence electrons. The van der Waals surface area contributed by atoms with Crippen LogP contribution >= 0.6 is 0 Å². The van der Waals surface area contributed by atoms with E-state index in [0.29, 0.717) is 30.0 Å². The number of piperidine rings is 2. The highest BCUT2D eigenvalue weighted by Gasteiger charge is 2.35. The van der Waals surface area contributed by atoms with Gasteiger partial charge in [-0.2, -0.15) is 0 Å². The van der Waals surface area contributed by atoms with Crippen LogP contribution < -0.4 is 4.74 Å². The predicted molar refractivity (Wildman–Crippen MR) is 97.9 cm³/mol. The van der Waals surface area contributed by atoms with Crippen molar-refractivity contribution in [3.05, 3.63) is 23.9 Å². The van der Waals surface area contributed by atoms with E-state index in [1.165, 1.54) is 19.4 Å². The molecule has 2 saturated heterocycles. The minimum absolute atomic E-state index is 0.103. The van der Waals surface area contributed by atoms with E-state index in [-0.39, 0.29) is 5.91 Å². The van der Waals surface area contributed by atoms with Gasteiger partial charge in [0.25, 0.3) is 5.91 Å². The largest absolute Gasteiger partial charge is 0.476 e. The number of rotatable bonds is 5. The summed E-state index contributed by atoms with van der Waals surface area (Å²) < 4.78 is 5.66. The lowest BCUT2D eigenvalue weighted by Gasteiger charge is -2.46. The first-order valence-electron chi connectivity index (χ1n) is 9.27. The number of pyridine rings is 1. The van der Waals surface area contributed by atoms with E-state index >= 15 is 0 Å². The maximum absolute atomic E-state index is 12.9. The molecule has 2 atom stereocenters. The lowest BCUT2D eigenvalue weighted by molar-refractivity contribution is 0.0316. The zero-order valence-electron chi connectivity index (χ0n) is 15.6. The quantitative estimate of drug-likeness (QED) is 0.810. The third-order valence-electron chi connectivity index (χ3n) is 5.40. The number of amides is 1. The average molecular weight is 346 g/mol. The molecule has 2 aliphatic rings. The van der Waals surface area contributed by atoms with Gasteiger partial charge in [-0.05, 0) is 58.9 Å². The molecule has 3 heterocycles. The first kappa shape index (κ1) is 18.1. The molecular formula is C19H30N4O2. The maximum Gasteiger partial charge on any atom is 0.254 e. The molecular weight excluding hydrogens is 316 g/mol. The first-order valence-corrected chi connectivity index (χ1v) is 9.27. The van der Waals surface area contributed by atoms with E-state index in [2.05, 4.69) is 21.8 Å². The molecule has 0 unspecified atom stereocenters. The summed E-state index contributed by atoms with van der Waals surface area (Å²) in [6, 6.07) is 4.21. The Bertz CT molecular complexity index is 593. The van der Waals surface area contributed by atoms with Gasteiger partial charge in [0.2, 0.25) is 5.88 Å². The summed E-state index contributed by atoms with van der Waals surface area (Å²) in [6.07, 6.45) is 5.20. The van der Waals surface area contributed by atoms with Crippen LogP contribution in [0.25, 0.3) is 0 Å². The van der Waals surface area contributed by atoms with Crippen molar-refractivity contribution in [2.45, 2.75) is 25.3 Å². The van der Waals surface area contributed by atoms with Crippen molar-refractivity contribution in [1.82, 2.24) is 19.7 Å². The van der Waals surface area contributed by atoms with Gasteiger partial charge in [0.15, 0.2) is 0 Å². The number of hydrogen-bond acceptors (Lipinski definition) is 5. The Morgan fingerprint density at radius 1 is 1.36 bits per heavy atom. The number of carbonyl (C=O) groups is 1. The molecule has 1 aromatic heterocycles. The number of hydrogen-bond donors (Lipinski definition) is 0. The number of likely N-dealkylation sites (tertiary alicyclic amines) is 2. The van der Waals surface area contributed by atoms with Gasteiger partial charge >= 0.3 is 0 Å². The molecule has 6 nitrogen and oxygen atoms in total. The predicted octanol–water partition coefficient (Wildman–Crippen LogP) is 1.58. The molecule has 1 amide bonds. The molecule has 0 saturated carbocycles. The van der Waals surface area contributed by atoms with Gasteiger partial charge in [0.05, 0.1) is 0 Å². The van der Waals surface area contributed by atoms with E-state index in [4.69, 9.17) is 4.74 Å². The van der Waals surface area contributed by atoms with Crippen LogP contribution in [0.15, 0.2) is 18.3 Å². The Hall–Kier alpha value is -1.66. The van der Waals surface area contributed by atoms with Crippen LogP contribution in [0.3, 0.4) is 0 Å². The highest BCUT2D eigenvalue weighted by atomic mass is 16.5. The maximum atomic E-state index is 12.9. The number of likely N-dealkylation sites (N-methyl/N-ethyl adjacent to an activating group) is 1. The van der Waals surface area contributed by atoms with Crippen molar-refractivity contribution in [2.24, 2.45) is 5.92 Å². The van der Waals surface area contributed by atoms with Crippen molar-refractivity contribution in [1.29, 1.82) is 0 Å². The number of ether oxygens (including phenoxy) is 1. The normalized spacial score (nSPS) is 24.2. The molecule has 0 spiro atoms. The summed E-state index contributed by atoms with van der Waals surface area (Å²) in [5, 5.41) is 0. The first-order chi connectivity index (χ1) is 12.0. The SMILES string of the molecule is CN(C)CCOc1cc(C(=O)N2CC[C@@H]3[C@@H](CCCN3C)C2)ccn1. The molecule has 1 aromatic rings. The molecule has 2 fully saturated rings. The lowest BCUT2D eigenvalue weighted by Crippen LogP contribution is -2.53. The van der Waals surface area contributed by atoms with Crippen molar-refractivity contribution < 1.29 is 9.53 Å². The fraction of sp³-hybridized carbons (Fsp3) is 0.684. The van der Waals surface area contributed by atoms with Crippen molar-refractivity contribution in [2.75, 3.05) is 53.9 Å². The summed E-state index contributed by atoms with van der Waals surface area (Å²) in [6.45, 7) is 4.28. The van der Waals surface area contributed by atoms with Crippen LogP contribution in [0.2, 0.25) is 0 Å². The molecule has 0 bridgehead atoms. The van der Waals surface area contributed by atoms with E-state index in [9.17, 15) is 4.79 Å². The van der Waals surface area contributed by atoms with Gasteiger partial charge in [-0.3, -0.25) is 4.79 Å². The molecule has 0 radical (unpaired) electrons. The van der Waals surface area contributed by atoms with Crippen LogP contribution in [0.4, 0.5) is 0 Å². The summed E-state index contributed by atoms with van der Waals surface area (Å²) >= 11 is 0. The standard InChI is InChI=1S/C19H30N4O2/c1-21(2)11-12-25-18-13-15(6-8-20-18)19(24)23-10-7-17-16(14-23)5-4-9-22(17)3/h6,8,13,16-17H,4-5,7,9-12,14H2,1-3H3/t16-,17+/m0/s1. The summed E-state index contributed by atoms with van der Waals surface area (Å²) in [5.41, 5.74) is 0.678. The minimum atomic E-state index is 0.103. The Morgan fingerprint density at radius 2 is 2.20 bits per heavy atom. The minimum Gasteiger partial charge on any atom is -0.476 e. The Morgan fingerprint density at radius 3 is 3.00 bits per heavy atom. The zero-order valence-corrected chi connectivity index (χ0v) is 15.6. The zero-order chi connectivity index (χ0) is 17.8. The van der Waals surface area contributed by atoms with E-state index in [0.717, 1.165) is 26.1 Å². The van der Waals surface area contributed by atoms with Gasteiger partial charge in [-0.25, -0.2) is 4.98 Å². The van der Waals surface area contributed by atoms with Crippen LogP contribution in [0.5, 0.6) is 5.88 Å². The third-order valence-corrected chi connectivity index (χ3v) is 5.40. The van der Waals surface area contributed by atoms with Crippen LogP contribution in [-0.2, 0) is 0 Å². The smallest absolute Gasteiger partial charge is 0.254 e. The summed E-state index contributed by atoms with van der Waals surface area (Å²) in [4.78, 5) is 23.7. The molecule has 3 rings (SSSR count). The highest BCUT2D eigenvalue weighted by molar-refractivity contribution is 5.94. The van der Waals surface area contributed by atoms with E-state index < -0.39 is 0 Å². The van der Waals surface area contributed by atoms with Gasteiger partial charge in [-0.15, -0.1) is 0 Å². The number of carbonyl (C=O) groups excluding carboxylic acids is 1.